The van der Waals surface area contributed by atoms with Crippen LogP contribution in [0.2, 0.25) is 0 Å². The number of rotatable bonds is 4. The Morgan fingerprint density at radius 3 is 2.79 bits per heavy atom. The first-order valence-corrected chi connectivity index (χ1v) is 7.63. The van der Waals surface area contributed by atoms with Gasteiger partial charge in [0.05, 0.1) is 17.9 Å². The van der Waals surface area contributed by atoms with Crippen molar-refractivity contribution in [3.05, 3.63) is 40.2 Å². The molecule has 8 heteroatoms. The van der Waals surface area contributed by atoms with Crippen molar-refractivity contribution in [3.63, 3.8) is 0 Å². The fourth-order valence-corrected chi connectivity index (χ4v) is 3.15. The Labute approximate surface area is 119 Å². The highest BCUT2D eigenvalue weighted by Gasteiger charge is 2.18. The smallest absolute Gasteiger partial charge is 0.243 e. The molecule has 0 spiro atoms. The normalized spacial score (nSPS) is 11.7. The van der Waals surface area contributed by atoms with E-state index in [0.717, 1.165) is 0 Å². The van der Waals surface area contributed by atoms with Crippen LogP contribution in [0.25, 0.3) is 0 Å². The van der Waals surface area contributed by atoms with E-state index >= 15 is 0 Å². The number of nitrogens with one attached hydrogen (secondary N) is 1. The van der Waals surface area contributed by atoms with Gasteiger partial charge in [0.2, 0.25) is 10.0 Å². The predicted molar refractivity (Wildman–Crippen MR) is 73.8 cm³/mol. The van der Waals surface area contributed by atoms with Gasteiger partial charge in [0.25, 0.3) is 0 Å². The first-order chi connectivity index (χ1) is 8.88. The van der Waals surface area contributed by atoms with Crippen molar-refractivity contribution in [2.24, 2.45) is 0 Å². The Bertz CT molecular complexity index is 697. The van der Waals surface area contributed by atoms with Crippen LogP contribution in [-0.4, -0.2) is 13.6 Å². The van der Waals surface area contributed by atoms with Crippen molar-refractivity contribution in [1.29, 1.82) is 0 Å². The summed E-state index contributed by atoms with van der Waals surface area (Å²) in [6.07, 6.45) is 0. The molecule has 19 heavy (non-hydrogen) atoms. The minimum Gasteiger partial charge on any atom is -0.398 e. The molecule has 1 aromatic carbocycles. The number of nitrogens with zero attached hydrogens (tertiary/aromatic N) is 1. The molecule has 0 saturated heterocycles. The van der Waals surface area contributed by atoms with Crippen molar-refractivity contribution in [1.82, 2.24) is 9.88 Å². The molecule has 1 heterocycles. The van der Waals surface area contributed by atoms with Gasteiger partial charge in [0.1, 0.15) is 4.90 Å². The number of aryl methyl sites for hydroxylation is 1. The van der Waals surface area contributed by atoms with Crippen LogP contribution < -0.4 is 10.5 Å². The first kappa shape index (κ1) is 14.0. The molecule has 102 valence electrons. The average molecular weight is 346 g/mol. The van der Waals surface area contributed by atoms with E-state index in [4.69, 9.17) is 10.3 Å². The highest BCUT2D eigenvalue weighted by atomic mass is 79.9. The Morgan fingerprint density at radius 1 is 1.42 bits per heavy atom. The lowest BCUT2D eigenvalue weighted by Gasteiger charge is -2.08. The summed E-state index contributed by atoms with van der Waals surface area (Å²) in [4.78, 5) is 0.0260. The van der Waals surface area contributed by atoms with E-state index < -0.39 is 10.0 Å². The van der Waals surface area contributed by atoms with Gasteiger partial charge in [-0.25, -0.2) is 13.1 Å². The van der Waals surface area contributed by atoms with E-state index in [9.17, 15) is 8.42 Å². The standard InChI is InChI=1S/C11H12BrN3O3S/c1-7-4-9(18-15-7)6-14-19(16,17)11-5-8(12)2-3-10(11)13/h2-5,14H,6,13H2,1H3. The van der Waals surface area contributed by atoms with E-state index in [1.807, 2.05) is 0 Å². The zero-order valence-corrected chi connectivity index (χ0v) is 12.5. The quantitative estimate of drug-likeness (QED) is 0.823. The van der Waals surface area contributed by atoms with Crippen LogP contribution in [0.15, 0.2) is 38.2 Å². The zero-order chi connectivity index (χ0) is 14.0. The second kappa shape index (κ2) is 5.32. The lowest BCUT2D eigenvalue weighted by molar-refractivity contribution is 0.377. The summed E-state index contributed by atoms with van der Waals surface area (Å²) in [5.41, 5.74) is 6.55. The average Bonchev–Trinajstić information content (AvgIpc) is 2.76. The fourth-order valence-electron chi connectivity index (χ4n) is 1.48. The largest absolute Gasteiger partial charge is 0.398 e. The minimum atomic E-state index is -3.70. The summed E-state index contributed by atoms with van der Waals surface area (Å²) in [6, 6.07) is 6.31. The molecule has 0 aliphatic heterocycles. The number of halogens is 1. The SMILES string of the molecule is Cc1cc(CNS(=O)(=O)c2cc(Br)ccc2N)on1. The molecular formula is C11H12BrN3O3S. The number of anilines is 1. The predicted octanol–water partition coefficient (Wildman–Crippen LogP) is 1.81. The fraction of sp³-hybridized carbons (Fsp3) is 0.182. The minimum absolute atomic E-state index is 0.0229. The summed E-state index contributed by atoms with van der Waals surface area (Å²) in [6.45, 7) is 1.78. The Balaban J connectivity index is 2.20. The van der Waals surface area contributed by atoms with Crippen LogP contribution in [0.5, 0.6) is 0 Å². The molecule has 1 aromatic heterocycles. The van der Waals surface area contributed by atoms with Gasteiger partial charge in [0, 0.05) is 10.5 Å². The molecule has 0 atom stereocenters. The molecule has 0 amide bonds. The van der Waals surface area contributed by atoms with Gasteiger partial charge in [-0.15, -0.1) is 0 Å². The molecule has 2 rings (SSSR count). The molecular weight excluding hydrogens is 334 g/mol. The van der Waals surface area contributed by atoms with Crippen molar-refractivity contribution in [3.8, 4) is 0 Å². The molecule has 0 fully saturated rings. The highest BCUT2D eigenvalue weighted by Crippen LogP contribution is 2.23. The van der Waals surface area contributed by atoms with E-state index in [-0.39, 0.29) is 17.1 Å². The summed E-state index contributed by atoms with van der Waals surface area (Å²) in [5, 5.41) is 3.68. The highest BCUT2D eigenvalue weighted by molar-refractivity contribution is 9.10. The lowest BCUT2D eigenvalue weighted by atomic mass is 10.3. The van der Waals surface area contributed by atoms with Gasteiger partial charge in [0.15, 0.2) is 5.76 Å². The third-order valence-electron chi connectivity index (χ3n) is 2.38. The second-order valence-corrected chi connectivity index (χ2v) is 6.59. The third-order valence-corrected chi connectivity index (χ3v) is 4.33. The van der Waals surface area contributed by atoms with E-state index in [2.05, 4.69) is 25.8 Å². The van der Waals surface area contributed by atoms with Crippen molar-refractivity contribution >= 4 is 31.6 Å². The van der Waals surface area contributed by atoms with Crippen LogP contribution in [-0.2, 0) is 16.6 Å². The van der Waals surface area contributed by atoms with Gasteiger partial charge in [-0.1, -0.05) is 21.1 Å². The topological polar surface area (TPSA) is 98.2 Å². The van der Waals surface area contributed by atoms with Gasteiger partial charge in [-0.05, 0) is 25.1 Å². The molecule has 0 unspecified atom stereocenters. The van der Waals surface area contributed by atoms with E-state index in [1.54, 1.807) is 19.1 Å². The molecule has 0 aliphatic carbocycles. The van der Waals surface area contributed by atoms with Crippen LogP contribution in [0.4, 0.5) is 5.69 Å². The monoisotopic (exact) mass is 345 g/mol. The number of hydrogen-bond acceptors (Lipinski definition) is 5. The molecule has 0 aliphatic rings. The van der Waals surface area contributed by atoms with Gasteiger partial charge in [-0.3, -0.25) is 0 Å². The van der Waals surface area contributed by atoms with Gasteiger partial charge < -0.3 is 10.3 Å². The molecule has 0 bridgehead atoms. The Hall–Kier alpha value is -1.38. The summed E-state index contributed by atoms with van der Waals surface area (Å²) < 4.78 is 32.2. The first-order valence-electron chi connectivity index (χ1n) is 5.35. The second-order valence-electron chi connectivity index (χ2n) is 3.94. The third kappa shape index (κ3) is 3.34. The zero-order valence-electron chi connectivity index (χ0n) is 10.1. The lowest BCUT2D eigenvalue weighted by Crippen LogP contribution is -2.24. The number of nitrogen functional groups attached to an aromatic ring is 1. The summed E-state index contributed by atoms with van der Waals surface area (Å²) >= 11 is 3.21. The Kier molecular flexibility index (Phi) is 3.93. The Morgan fingerprint density at radius 2 is 2.16 bits per heavy atom. The number of nitrogens with two attached hydrogens (primary N) is 1. The molecule has 0 radical (unpaired) electrons. The van der Waals surface area contributed by atoms with Gasteiger partial charge >= 0.3 is 0 Å². The maximum Gasteiger partial charge on any atom is 0.243 e. The molecule has 2 aromatic rings. The van der Waals surface area contributed by atoms with Crippen LogP contribution in [0.3, 0.4) is 0 Å². The van der Waals surface area contributed by atoms with E-state index in [0.29, 0.717) is 15.9 Å². The molecule has 3 N–H and O–H groups in total. The maximum atomic E-state index is 12.1. The van der Waals surface area contributed by atoms with Crippen LogP contribution in [0, 0.1) is 6.92 Å². The summed E-state index contributed by atoms with van der Waals surface area (Å²) in [7, 11) is -3.70. The van der Waals surface area contributed by atoms with Crippen LogP contribution >= 0.6 is 15.9 Å². The number of benzene rings is 1. The molecule has 6 nitrogen and oxygen atoms in total. The van der Waals surface area contributed by atoms with Crippen LogP contribution in [0.1, 0.15) is 11.5 Å². The van der Waals surface area contributed by atoms with Gasteiger partial charge in [-0.2, -0.15) is 0 Å². The number of aromatic nitrogens is 1. The number of hydrogen-bond donors (Lipinski definition) is 2. The van der Waals surface area contributed by atoms with Crippen molar-refractivity contribution in [2.75, 3.05) is 5.73 Å². The number of sulfonamides is 1. The van der Waals surface area contributed by atoms with E-state index in [1.165, 1.54) is 12.1 Å². The molecule has 0 saturated carbocycles. The van der Waals surface area contributed by atoms with Crippen molar-refractivity contribution in [2.45, 2.75) is 18.4 Å². The summed E-state index contributed by atoms with van der Waals surface area (Å²) in [5.74, 6) is 0.439. The van der Waals surface area contributed by atoms with Crippen molar-refractivity contribution < 1.29 is 12.9 Å². The maximum absolute atomic E-state index is 12.1.